The number of aromatic nitrogens is 2. The molecule has 1 aliphatic carbocycles. The van der Waals surface area contributed by atoms with Gasteiger partial charge in [0.15, 0.2) is 5.60 Å². The molecule has 1 aromatic carbocycles. The molecular weight excluding hydrogens is 352 g/mol. The number of benzene rings is 1. The summed E-state index contributed by atoms with van der Waals surface area (Å²) in [5, 5.41) is 14.3. The summed E-state index contributed by atoms with van der Waals surface area (Å²) in [6.45, 7) is 4.42. The van der Waals surface area contributed by atoms with Crippen molar-refractivity contribution in [1.82, 2.24) is 20.2 Å². The minimum Gasteiger partial charge on any atom is -0.379 e. The quantitative estimate of drug-likeness (QED) is 0.715. The molecule has 1 aromatic heterocycles. The van der Waals surface area contributed by atoms with E-state index in [2.05, 4.69) is 28.3 Å². The van der Waals surface area contributed by atoms with Crippen molar-refractivity contribution in [2.75, 3.05) is 19.6 Å². The molecular formula is C22H32N4O2. The zero-order valence-electron chi connectivity index (χ0n) is 16.8. The third kappa shape index (κ3) is 4.23. The maximum atomic E-state index is 13.0. The largest absolute Gasteiger partial charge is 0.379 e. The van der Waals surface area contributed by atoms with E-state index in [1.54, 1.807) is 0 Å². The molecule has 2 aromatic rings. The van der Waals surface area contributed by atoms with E-state index >= 15 is 0 Å². The van der Waals surface area contributed by atoms with Crippen molar-refractivity contribution in [3.05, 3.63) is 29.6 Å². The minimum absolute atomic E-state index is 0.0999. The van der Waals surface area contributed by atoms with Crippen LogP contribution < -0.4 is 5.32 Å². The molecule has 2 aliphatic rings. The number of aryl methyl sites for hydroxylation is 1. The number of hydrogen-bond acceptors (Lipinski definition) is 4. The normalized spacial score (nSPS) is 24.2. The van der Waals surface area contributed by atoms with Gasteiger partial charge in [-0.3, -0.25) is 4.79 Å². The fourth-order valence-electron chi connectivity index (χ4n) is 4.73. The number of rotatable bonds is 6. The van der Waals surface area contributed by atoms with Gasteiger partial charge in [0, 0.05) is 19.6 Å². The molecule has 152 valence electrons. The highest BCUT2D eigenvalue weighted by Gasteiger charge is 2.42. The highest BCUT2D eigenvalue weighted by Crippen LogP contribution is 2.28. The number of aromatic amines is 1. The van der Waals surface area contributed by atoms with E-state index in [9.17, 15) is 9.90 Å². The molecule has 1 saturated heterocycles. The number of carbonyl (C=O) groups excluding carboxylic acids is 1. The number of likely N-dealkylation sites (tertiary alicyclic amines) is 1. The van der Waals surface area contributed by atoms with Crippen LogP contribution in [-0.2, 0) is 11.3 Å². The summed E-state index contributed by atoms with van der Waals surface area (Å²) in [5.41, 5.74) is 1.85. The molecule has 2 heterocycles. The molecule has 4 rings (SSSR count). The van der Waals surface area contributed by atoms with Crippen molar-refractivity contribution in [3.63, 3.8) is 0 Å². The summed E-state index contributed by atoms with van der Waals surface area (Å²) < 4.78 is 0. The lowest BCUT2D eigenvalue weighted by atomic mass is 9.86. The van der Waals surface area contributed by atoms with Crippen LogP contribution in [0.2, 0.25) is 0 Å². The summed E-state index contributed by atoms with van der Waals surface area (Å²) in [7, 11) is 0. The lowest BCUT2D eigenvalue weighted by Gasteiger charge is -2.40. The topological polar surface area (TPSA) is 81.2 Å². The summed E-state index contributed by atoms with van der Waals surface area (Å²) in [4.78, 5) is 22.7. The molecule has 1 aliphatic heterocycles. The Balaban J connectivity index is 1.33. The number of aliphatic hydroxyl groups is 1. The number of nitrogens with zero attached hydrogens (tertiary/aromatic N) is 2. The van der Waals surface area contributed by atoms with Gasteiger partial charge in [0.25, 0.3) is 5.91 Å². The van der Waals surface area contributed by atoms with E-state index in [-0.39, 0.29) is 12.5 Å². The maximum absolute atomic E-state index is 13.0. The Morgan fingerprint density at radius 3 is 2.93 bits per heavy atom. The van der Waals surface area contributed by atoms with Crippen molar-refractivity contribution in [2.45, 2.75) is 64.0 Å². The Morgan fingerprint density at radius 1 is 1.29 bits per heavy atom. The van der Waals surface area contributed by atoms with Crippen LogP contribution in [0.5, 0.6) is 0 Å². The fraction of sp³-hybridized carbons (Fsp3) is 0.636. The second kappa shape index (κ2) is 8.21. The van der Waals surface area contributed by atoms with Crippen LogP contribution in [0.1, 0.15) is 56.3 Å². The third-order valence-corrected chi connectivity index (χ3v) is 6.30. The average Bonchev–Trinajstić information content (AvgIpc) is 3.08. The highest BCUT2D eigenvalue weighted by molar-refractivity contribution is 5.86. The number of piperidine rings is 1. The van der Waals surface area contributed by atoms with Crippen molar-refractivity contribution in [3.8, 4) is 0 Å². The van der Waals surface area contributed by atoms with Gasteiger partial charge in [-0.2, -0.15) is 0 Å². The number of hydrogen-bond donors (Lipinski definition) is 3. The Morgan fingerprint density at radius 2 is 2.11 bits per heavy atom. The van der Waals surface area contributed by atoms with Gasteiger partial charge in [0.05, 0.1) is 17.6 Å². The van der Waals surface area contributed by atoms with Crippen molar-refractivity contribution in [1.29, 1.82) is 0 Å². The lowest BCUT2D eigenvalue weighted by molar-refractivity contribution is -0.157. The second-order valence-electron chi connectivity index (χ2n) is 8.70. The van der Waals surface area contributed by atoms with Crippen molar-refractivity contribution >= 4 is 16.9 Å². The SMILES string of the molecule is Cc1ccc2nc(CNCC3(O)CCCN(CC4CCCCC4)C3=O)[nH]c2c1. The minimum atomic E-state index is -1.30. The van der Waals surface area contributed by atoms with Gasteiger partial charge < -0.3 is 20.3 Å². The van der Waals surface area contributed by atoms with Gasteiger partial charge in [-0.25, -0.2) is 4.98 Å². The van der Waals surface area contributed by atoms with Crippen LogP contribution in [0.3, 0.4) is 0 Å². The van der Waals surface area contributed by atoms with Crippen LogP contribution >= 0.6 is 0 Å². The lowest BCUT2D eigenvalue weighted by Crippen LogP contribution is -2.58. The molecule has 1 atom stereocenters. The summed E-state index contributed by atoms with van der Waals surface area (Å²) in [5.74, 6) is 1.33. The van der Waals surface area contributed by atoms with Crippen LogP contribution in [0.15, 0.2) is 18.2 Å². The number of imidazole rings is 1. The predicted octanol–water partition coefficient (Wildman–Crippen LogP) is 2.89. The maximum Gasteiger partial charge on any atom is 0.255 e. The molecule has 2 fully saturated rings. The average molecular weight is 385 g/mol. The molecule has 6 heteroatoms. The van der Waals surface area contributed by atoms with Crippen LogP contribution in [0, 0.1) is 12.8 Å². The molecule has 0 bridgehead atoms. The molecule has 1 saturated carbocycles. The van der Waals surface area contributed by atoms with Crippen molar-refractivity contribution in [2.24, 2.45) is 5.92 Å². The number of H-pyrrole nitrogens is 1. The highest BCUT2D eigenvalue weighted by atomic mass is 16.3. The Kier molecular flexibility index (Phi) is 5.69. The molecule has 28 heavy (non-hydrogen) atoms. The zero-order chi connectivity index (χ0) is 19.6. The van der Waals surface area contributed by atoms with E-state index in [1.165, 1.54) is 37.7 Å². The molecule has 0 spiro atoms. The van der Waals surface area contributed by atoms with E-state index in [0.29, 0.717) is 18.9 Å². The first-order chi connectivity index (χ1) is 13.5. The number of nitrogens with one attached hydrogen (secondary N) is 2. The molecule has 3 N–H and O–H groups in total. The Hall–Kier alpha value is -1.92. The molecule has 1 amide bonds. The summed E-state index contributed by atoms with van der Waals surface area (Å²) in [6, 6.07) is 6.13. The summed E-state index contributed by atoms with van der Waals surface area (Å²) >= 11 is 0. The second-order valence-corrected chi connectivity index (χ2v) is 8.70. The first-order valence-electron chi connectivity index (χ1n) is 10.7. The molecule has 1 unspecified atom stereocenters. The van der Waals surface area contributed by atoms with Gasteiger partial charge in [0.2, 0.25) is 0 Å². The molecule has 0 radical (unpaired) electrons. The standard InChI is InChI=1S/C22H32N4O2/c1-16-8-9-18-19(12-16)25-20(24-18)13-23-15-22(28)10-5-11-26(21(22)27)14-17-6-3-2-4-7-17/h8-9,12,17,23,28H,2-7,10-11,13-15H2,1H3,(H,24,25). The first kappa shape index (κ1) is 19.4. The molecule has 6 nitrogen and oxygen atoms in total. The monoisotopic (exact) mass is 384 g/mol. The van der Waals surface area contributed by atoms with Gasteiger partial charge in [0.1, 0.15) is 5.82 Å². The van der Waals surface area contributed by atoms with Crippen molar-refractivity contribution < 1.29 is 9.90 Å². The van der Waals surface area contributed by atoms with Gasteiger partial charge >= 0.3 is 0 Å². The van der Waals surface area contributed by atoms with Crippen LogP contribution in [-0.4, -0.2) is 51.1 Å². The van der Waals surface area contributed by atoms with Crippen LogP contribution in [0.4, 0.5) is 0 Å². The number of amides is 1. The number of carbonyl (C=O) groups is 1. The van der Waals surface area contributed by atoms with E-state index in [0.717, 1.165) is 36.4 Å². The third-order valence-electron chi connectivity index (χ3n) is 6.30. The van der Waals surface area contributed by atoms with E-state index in [4.69, 9.17) is 0 Å². The van der Waals surface area contributed by atoms with E-state index in [1.807, 2.05) is 17.0 Å². The summed E-state index contributed by atoms with van der Waals surface area (Å²) in [6.07, 6.45) is 7.68. The zero-order valence-corrected chi connectivity index (χ0v) is 16.8. The van der Waals surface area contributed by atoms with Gasteiger partial charge in [-0.1, -0.05) is 25.3 Å². The van der Waals surface area contributed by atoms with Gasteiger partial charge in [-0.05, 0) is 56.2 Å². The Labute approximate surface area is 166 Å². The smallest absolute Gasteiger partial charge is 0.255 e. The van der Waals surface area contributed by atoms with Crippen LogP contribution in [0.25, 0.3) is 11.0 Å². The number of fused-ring (bicyclic) bond motifs is 1. The van der Waals surface area contributed by atoms with E-state index < -0.39 is 5.60 Å². The Bertz CT molecular complexity index is 827. The fourth-order valence-corrected chi connectivity index (χ4v) is 4.73. The predicted molar refractivity (Wildman–Crippen MR) is 110 cm³/mol. The first-order valence-corrected chi connectivity index (χ1v) is 10.7. The van der Waals surface area contributed by atoms with Gasteiger partial charge in [-0.15, -0.1) is 0 Å².